The maximum Gasteiger partial charge on any atom is 0.251 e. The number of carbonyl (C=O) groups excluding carboxylic acids is 1. The Morgan fingerprint density at radius 3 is 2.28 bits per heavy atom. The lowest BCUT2D eigenvalue weighted by Crippen LogP contribution is -2.58. The van der Waals surface area contributed by atoms with Crippen molar-refractivity contribution in [3.63, 3.8) is 0 Å². The summed E-state index contributed by atoms with van der Waals surface area (Å²) in [5, 5.41) is 9.44. The number of anilines is 1. The fraction of sp³-hybridized carbons (Fsp3) is 0.512. The van der Waals surface area contributed by atoms with Crippen molar-refractivity contribution in [1.29, 1.82) is 0 Å². The highest BCUT2D eigenvalue weighted by Crippen LogP contribution is 2.55. The molecule has 4 saturated carbocycles. The molecular formula is C41H53N4O2+. The minimum atomic E-state index is -0.0150. The topological polar surface area (TPSA) is 60.5 Å². The maximum atomic E-state index is 13.8. The standard InChI is InChI=1S/C41H52N4O2/c1-5-44(4)31-14-16-35-37(23-31)47-38-24-32(45(6-2)7-3)15-17-36(38)39(35)33-12-8-9-13-34(33)40(46)42-18-10-11-19-43-41-25-28-20-29(26-41)22-30(21-28)27-41/h8-9,12-17,23-24,28-30,43H,5-7,10-11,18-22,25-27H2,1-4H3/p+1. The number of rotatable bonds is 12. The van der Waals surface area contributed by atoms with E-state index in [2.05, 4.69) is 90.4 Å². The van der Waals surface area contributed by atoms with Crippen molar-refractivity contribution in [2.45, 2.75) is 77.7 Å². The van der Waals surface area contributed by atoms with Crippen molar-refractivity contribution in [3.8, 4) is 22.5 Å². The molecule has 4 bridgehead atoms. The minimum Gasteiger partial charge on any atom is -0.456 e. The van der Waals surface area contributed by atoms with Crippen LogP contribution in [0.25, 0.3) is 33.4 Å². The molecule has 1 heterocycles. The number of amides is 1. The molecule has 6 heteroatoms. The number of hydrogen-bond acceptors (Lipinski definition) is 4. The number of unbranched alkanes of at least 4 members (excludes halogenated alkanes) is 1. The average molecular weight is 634 g/mol. The van der Waals surface area contributed by atoms with Gasteiger partial charge in [-0.15, -0.1) is 0 Å². The van der Waals surface area contributed by atoms with E-state index in [9.17, 15) is 4.79 Å². The van der Waals surface area contributed by atoms with E-state index >= 15 is 0 Å². The van der Waals surface area contributed by atoms with Gasteiger partial charge in [0.05, 0.1) is 6.07 Å². The molecule has 2 N–H and O–H groups in total. The first-order chi connectivity index (χ1) is 22.9. The minimum absolute atomic E-state index is 0.0150. The highest BCUT2D eigenvalue weighted by Gasteiger charge is 2.50. The van der Waals surface area contributed by atoms with Gasteiger partial charge in [0, 0.05) is 65.6 Å². The molecule has 1 amide bonds. The Morgan fingerprint density at radius 1 is 0.872 bits per heavy atom. The van der Waals surface area contributed by atoms with Gasteiger partial charge < -0.3 is 20.0 Å². The highest BCUT2D eigenvalue weighted by molar-refractivity contribution is 6.09. The number of carbonyl (C=O) groups is 1. The van der Waals surface area contributed by atoms with Crippen molar-refractivity contribution in [1.82, 2.24) is 15.2 Å². The molecule has 0 atom stereocenters. The molecule has 2 aromatic rings. The zero-order valence-corrected chi connectivity index (χ0v) is 28.9. The van der Waals surface area contributed by atoms with Gasteiger partial charge in [0.2, 0.25) is 5.36 Å². The van der Waals surface area contributed by atoms with Gasteiger partial charge in [-0.25, -0.2) is 4.58 Å². The summed E-state index contributed by atoms with van der Waals surface area (Å²) in [6, 6.07) is 21.0. The molecule has 248 valence electrons. The fourth-order valence-corrected chi connectivity index (χ4v) is 9.49. The molecule has 0 saturated heterocycles. The van der Waals surface area contributed by atoms with Crippen molar-refractivity contribution >= 4 is 22.6 Å². The lowest BCUT2D eigenvalue weighted by Gasteiger charge is -2.57. The molecule has 0 aromatic heterocycles. The maximum absolute atomic E-state index is 13.8. The normalized spacial score (nSPS) is 23.0. The van der Waals surface area contributed by atoms with Crippen LogP contribution in [0.4, 0.5) is 5.69 Å². The van der Waals surface area contributed by atoms with Gasteiger partial charge in [0.1, 0.15) is 24.4 Å². The van der Waals surface area contributed by atoms with Crippen LogP contribution in [0, 0.1) is 17.8 Å². The lowest BCUT2D eigenvalue weighted by atomic mass is 9.53. The largest absolute Gasteiger partial charge is 0.456 e. The third-order valence-electron chi connectivity index (χ3n) is 11.6. The van der Waals surface area contributed by atoms with E-state index in [1.165, 1.54) is 38.5 Å². The summed E-state index contributed by atoms with van der Waals surface area (Å²) < 4.78 is 8.98. The summed E-state index contributed by atoms with van der Waals surface area (Å²) in [6.07, 6.45) is 10.7. The molecule has 0 radical (unpaired) electrons. The number of benzene rings is 3. The molecule has 4 fully saturated rings. The first-order valence-corrected chi connectivity index (χ1v) is 18.3. The third-order valence-corrected chi connectivity index (χ3v) is 11.6. The predicted octanol–water partition coefficient (Wildman–Crippen LogP) is 7.54. The van der Waals surface area contributed by atoms with Gasteiger partial charge in [-0.05, 0) is 126 Å². The van der Waals surface area contributed by atoms with Gasteiger partial charge in [0.15, 0.2) is 0 Å². The number of nitrogens with one attached hydrogen (secondary N) is 2. The summed E-state index contributed by atoms with van der Waals surface area (Å²) in [5.41, 5.74) is 6.04. The molecule has 2 aromatic carbocycles. The van der Waals surface area contributed by atoms with Crippen LogP contribution in [0.3, 0.4) is 0 Å². The summed E-state index contributed by atoms with van der Waals surface area (Å²) in [6.45, 7) is 11.0. The van der Waals surface area contributed by atoms with Crippen molar-refractivity contribution in [2.75, 3.05) is 44.7 Å². The second-order valence-corrected chi connectivity index (χ2v) is 14.7. The Bertz CT molecular complexity index is 1750. The van der Waals surface area contributed by atoms with Gasteiger partial charge in [-0.3, -0.25) is 4.79 Å². The van der Waals surface area contributed by atoms with Gasteiger partial charge in [-0.1, -0.05) is 18.2 Å². The molecule has 0 unspecified atom stereocenters. The molecule has 47 heavy (non-hydrogen) atoms. The quantitative estimate of drug-likeness (QED) is 0.0962. The molecular weight excluding hydrogens is 580 g/mol. The SMILES string of the molecule is CCN(C)c1ccc2c(-c3ccccc3C(=O)NCCCCNC34CC5CC(CC(C5)C3)C4)c3ccc(=[N+](CC)CC)cc-3oc2c1. The van der Waals surface area contributed by atoms with Crippen molar-refractivity contribution in [2.24, 2.45) is 17.8 Å². The zero-order valence-electron chi connectivity index (χ0n) is 28.9. The number of fused-ring (bicyclic) bond motifs is 2. The van der Waals surface area contributed by atoms with Crippen LogP contribution >= 0.6 is 0 Å². The summed E-state index contributed by atoms with van der Waals surface area (Å²) >= 11 is 0. The second kappa shape index (κ2) is 13.5. The van der Waals surface area contributed by atoms with Gasteiger partial charge in [-0.2, -0.15) is 0 Å². The van der Waals surface area contributed by atoms with Crippen LogP contribution in [-0.4, -0.2) is 51.2 Å². The van der Waals surface area contributed by atoms with E-state index in [0.29, 0.717) is 17.6 Å². The fourth-order valence-electron chi connectivity index (χ4n) is 9.49. The van der Waals surface area contributed by atoms with Crippen molar-refractivity contribution in [3.05, 3.63) is 71.6 Å². The average Bonchev–Trinajstić information content (AvgIpc) is 3.08. The highest BCUT2D eigenvalue weighted by atomic mass is 16.3. The third kappa shape index (κ3) is 6.34. The first kappa shape index (κ1) is 31.9. The van der Waals surface area contributed by atoms with Crippen LogP contribution in [0.5, 0.6) is 0 Å². The van der Waals surface area contributed by atoms with Gasteiger partial charge in [0.25, 0.3) is 5.91 Å². The van der Waals surface area contributed by atoms with Gasteiger partial charge >= 0.3 is 0 Å². The molecule has 8 rings (SSSR count). The molecule has 5 aliphatic carbocycles. The zero-order chi connectivity index (χ0) is 32.5. The van der Waals surface area contributed by atoms with E-state index in [0.717, 1.165) is 101 Å². The van der Waals surface area contributed by atoms with Crippen LogP contribution < -0.4 is 25.5 Å². The Kier molecular flexibility index (Phi) is 9.15. The van der Waals surface area contributed by atoms with Crippen LogP contribution in [0.2, 0.25) is 0 Å². The summed E-state index contributed by atoms with van der Waals surface area (Å²) in [5.74, 6) is 3.70. The van der Waals surface area contributed by atoms with Crippen LogP contribution in [0.1, 0.15) is 82.5 Å². The summed E-state index contributed by atoms with van der Waals surface area (Å²) in [4.78, 5) is 16.0. The number of hydrogen-bond donors (Lipinski definition) is 2. The summed E-state index contributed by atoms with van der Waals surface area (Å²) in [7, 11) is 2.10. The Labute approximate surface area is 280 Å². The predicted molar refractivity (Wildman–Crippen MR) is 194 cm³/mol. The van der Waals surface area contributed by atoms with E-state index in [1.54, 1.807) is 0 Å². The molecule has 6 aliphatic rings. The monoisotopic (exact) mass is 633 g/mol. The molecule has 1 aliphatic heterocycles. The van der Waals surface area contributed by atoms with E-state index in [-0.39, 0.29) is 5.91 Å². The first-order valence-electron chi connectivity index (χ1n) is 18.3. The Hall–Kier alpha value is -3.64. The molecule has 0 spiro atoms. The van der Waals surface area contributed by atoms with E-state index in [4.69, 9.17) is 4.42 Å². The Morgan fingerprint density at radius 2 is 1.57 bits per heavy atom. The van der Waals surface area contributed by atoms with Crippen LogP contribution in [-0.2, 0) is 0 Å². The lowest BCUT2D eigenvalue weighted by molar-refractivity contribution is -0.0196. The van der Waals surface area contributed by atoms with Crippen LogP contribution in [0.15, 0.2) is 65.1 Å². The Balaban J connectivity index is 1.12. The number of nitrogens with zero attached hydrogens (tertiary/aromatic N) is 2. The molecule has 6 nitrogen and oxygen atoms in total. The van der Waals surface area contributed by atoms with Crippen molar-refractivity contribution < 1.29 is 9.21 Å². The van der Waals surface area contributed by atoms with E-state index < -0.39 is 0 Å². The smallest absolute Gasteiger partial charge is 0.251 e. The second-order valence-electron chi connectivity index (χ2n) is 14.7. The van der Waals surface area contributed by atoms with E-state index in [1.807, 2.05) is 18.2 Å².